The minimum atomic E-state index is 0.663. The van der Waals surface area contributed by atoms with E-state index in [2.05, 4.69) is 42.0 Å². The molecule has 0 aliphatic heterocycles. The molecule has 4 nitrogen and oxygen atoms in total. The fourth-order valence-corrected chi connectivity index (χ4v) is 1.96. The summed E-state index contributed by atoms with van der Waals surface area (Å²) in [6, 6.07) is 4.14. The molecular formula is C15H27N3O. The Bertz CT molecular complexity index is 355. The largest absolute Gasteiger partial charge is 0.383 e. The van der Waals surface area contributed by atoms with E-state index in [0.717, 1.165) is 38.6 Å². The molecule has 0 amide bonds. The molecule has 1 heterocycles. The van der Waals surface area contributed by atoms with Gasteiger partial charge < -0.3 is 15.0 Å². The van der Waals surface area contributed by atoms with Gasteiger partial charge in [0.2, 0.25) is 0 Å². The maximum atomic E-state index is 5.16. The molecule has 19 heavy (non-hydrogen) atoms. The minimum absolute atomic E-state index is 0.663. The van der Waals surface area contributed by atoms with E-state index in [1.807, 2.05) is 12.3 Å². The van der Waals surface area contributed by atoms with E-state index in [4.69, 9.17) is 4.74 Å². The predicted molar refractivity (Wildman–Crippen MR) is 80.5 cm³/mol. The lowest BCUT2D eigenvalue weighted by atomic mass is 10.2. The molecule has 0 saturated carbocycles. The van der Waals surface area contributed by atoms with Gasteiger partial charge in [0.05, 0.1) is 6.61 Å². The normalized spacial score (nSPS) is 11.0. The van der Waals surface area contributed by atoms with Crippen molar-refractivity contribution in [2.24, 2.45) is 5.92 Å². The van der Waals surface area contributed by atoms with Gasteiger partial charge in [0.15, 0.2) is 0 Å². The van der Waals surface area contributed by atoms with Gasteiger partial charge in [-0.25, -0.2) is 4.98 Å². The Hall–Kier alpha value is -1.13. The van der Waals surface area contributed by atoms with Gasteiger partial charge in [-0.05, 0) is 25.5 Å². The second-order valence-corrected chi connectivity index (χ2v) is 5.08. The second kappa shape index (κ2) is 8.88. The molecule has 0 fully saturated rings. The fourth-order valence-electron chi connectivity index (χ4n) is 1.96. The predicted octanol–water partition coefficient (Wildman–Crippen LogP) is 2.30. The topological polar surface area (TPSA) is 37.4 Å². The first kappa shape index (κ1) is 15.9. The Balaban J connectivity index is 2.69. The summed E-state index contributed by atoms with van der Waals surface area (Å²) in [5.41, 5.74) is 1.25. The van der Waals surface area contributed by atoms with Crippen LogP contribution in [0.1, 0.15) is 26.3 Å². The highest BCUT2D eigenvalue weighted by Gasteiger charge is 2.10. The molecule has 0 bridgehead atoms. The highest BCUT2D eigenvalue weighted by atomic mass is 16.5. The fraction of sp³-hybridized carbons (Fsp3) is 0.667. The molecule has 0 saturated heterocycles. The number of pyridine rings is 1. The standard InChI is InChI=1S/C15H27N3O/c1-5-18(9-10-19-4)15-14(7-6-8-17-15)12-16-11-13(2)3/h6-8,13,16H,5,9-12H2,1-4H3. The summed E-state index contributed by atoms with van der Waals surface area (Å²) < 4.78 is 5.16. The third-order valence-electron chi connectivity index (χ3n) is 2.98. The van der Waals surface area contributed by atoms with E-state index in [9.17, 15) is 0 Å². The van der Waals surface area contributed by atoms with E-state index in [0.29, 0.717) is 5.92 Å². The third kappa shape index (κ3) is 5.57. The first-order valence-electron chi connectivity index (χ1n) is 7.07. The van der Waals surface area contributed by atoms with Crippen molar-refractivity contribution >= 4 is 5.82 Å². The van der Waals surface area contributed by atoms with Crippen LogP contribution in [0.3, 0.4) is 0 Å². The number of nitrogens with one attached hydrogen (secondary N) is 1. The van der Waals surface area contributed by atoms with Crippen molar-refractivity contribution in [1.29, 1.82) is 0 Å². The second-order valence-electron chi connectivity index (χ2n) is 5.08. The van der Waals surface area contributed by atoms with Crippen LogP contribution in [0, 0.1) is 5.92 Å². The zero-order chi connectivity index (χ0) is 14.1. The third-order valence-corrected chi connectivity index (χ3v) is 2.98. The van der Waals surface area contributed by atoms with Crippen molar-refractivity contribution in [3.05, 3.63) is 23.9 Å². The van der Waals surface area contributed by atoms with Gasteiger partial charge in [-0.2, -0.15) is 0 Å². The van der Waals surface area contributed by atoms with Gasteiger partial charge >= 0.3 is 0 Å². The molecule has 0 atom stereocenters. The average Bonchev–Trinajstić information content (AvgIpc) is 2.40. The number of nitrogens with zero attached hydrogens (tertiary/aromatic N) is 2. The van der Waals surface area contributed by atoms with Gasteiger partial charge in [0.1, 0.15) is 5.82 Å². The lowest BCUT2D eigenvalue weighted by Gasteiger charge is -2.24. The first-order chi connectivity index (χ1) is 9.19. The van der Waals surface area contributed by atoms with Gasteiger partial charge in [-0.1, -0.05) is 19.9 Å². The van der Waals surface area contributed by atoms with Crippen LogP contribution >= 0.6 is 0 Å². The van der Waals surface area contributed by atoms with E-state index in [1.165, 1.54) is 5.56 Å². The summed E-state index contributed by atoms with van der Waals surface area (Å²) in [6.45, 7) is 11.0. The van der Waals surface area contributed by atoms with Crippen molar-refractivity contribution in [2.45, 2.75) is 27.3 Å². The highest BCUT2D eigenvalue weighted by Crippen LogP contribution is 2.16. The summed E-state index contributed by atoms with van der Waals surface area (Å²) in [5, 5.41) is 3.48. The summed E-state index contributed by atoms with van der Waals surface area (Å²) in [5.74, 6) is 1.73. The summed E-state index contributed by atoms with van der Waals surface area (Å²) in [6.07, 6.45) is 1.86. The SMILES string of the molecule is CCN(CCOC)c1ncccc1CNCC(C)C. The zero-order valence-corrected chi connectivity index (χ0v) is 12.6. The number of anilines is 1. The molecule has 0 unspecified atom stereocenters. The Morgan fingerprint density at radius 2 is 2.21 bits per heavy atom. The van der Waals surface area contributed by atoms with Crippen LogP contribution in [0.15, 0.2) is 18.3 Å². The van der Waals surface area contributed by atoms with Crippen LogP contribution in [0.25, 0.3) is 0 Å². The number of aromatic nitrogens is 1. The maximum absolute atomic E-state index is 5.16. The molecule has 1 N–H and O–H groups in total. The molecule has 0 spiro atoms. The van der Waals surface area contributed by atoms with Crippen molar-refractivity contribution in [1.82, 2.24) is 10.3 Å². The minimum Gasteiger partial charge on any atom is -0.383 e. The molecule has 1 aromatic rings. The van der Waals surface area contributed by atoms with E-state index in [-0.39, 0.29) is 0 Å². The zero-order valence-electron chi connectivity index (χ0n) is 12.6. The molecule has 1 aromatic heterocycles. The molecule has 0 radical (unpaired) electrons. The maximum Gasteiger partial charge on any atom is 0.133 e. The smallest absolute Gasteiger partial charge is 0.133 e. The molecular weight excluding hydrogens is 238 g/mol. The van der Waals surface area contributed by atoms with Crippen LogP contribution < -0.4 is 10.2 Å². The van der Waals surface area contributed by atoms with Crippen molar-refractivity contribution < 1.29 is 4.74 Å². The van der Waals surface area contributed by atoms with Crippen LogP contribution in [0.5, 0.6) is 0 Å². The van der Waals surface area contributed by atoms with E-state index >= 15 is 0 Å². The molecule has 0 aromatic carbocycles. The Morgan fingerprint density at radius 1 is 1.42 bits per heavy atom. The number of hydrogen-bond donors (Lipinski definition) is 1. The van der Waals surface area contributed by atoms with Crippen molar-refractivity contribution in [3.63, 3.8) is 0 Å². The lowest BCUT2D eigenvalue weighted by molar-refractivity contribution is 0.205. The molecule has 1 rings (SSSR count). The number of likely N-dealkylation sites (N-methyl/N-ethyl adjacent to an activating group) is 1. The first-order valence-corrected chi connectivity index (χ1v) is 7.07. The average molecular weight is 265 g/mol. The summed E-state index contributed by atoms with van der Waals surface area (Å²) in [7, 11) is 1.73. The molecule has 0 aliphatic carbocycles. The van der Waals surface area contributed by atoms with Gasteiger partial charge in [0, 0.05) is 38.5 Å². The monoisotopic (exact) mass is 265 g/mol. The number of methoxy groups -OCH3 is 1. The molecule has 0 aliphatic rings. The van der Waals surface area contributed by atoms with E-state index in [1.54, 1.807) is 7.11 Å². The van der Waals surface area contributed by atoms with Crippen molar-refractivity contribution in [2.75, 3.05) is 38.3 Å². The quantitative estimate of drug-likeness (QED) is 0.743. The Labute approximate surface area is 117 Å². The van der Waals surface area contributed by atoms with Crippen molar-refractivity contribution in [3.8, 4) is 0 Å². The summed E-state index contributed by atoms with van der Waals surface area (Å²) in [4.78, 5) is 6.79. The summed E-state index contributed by atoms with van der Waals surface area (Å²) >= 11 is 0. The van der Waals surface area contributed by atoms with Crippen LogP contribution in [-0.2, 0) is 11.3 Å². The molecule has 4 heteroatoms. The van der Waals surface area contributed by atoms with Gasteiger partial charge in [-0.3, -0.25) is 0 Å². The molecule has 108 valence electrons. The van der Waals surface area contributed by atoms with Crippen LogP contribution in [0.2, 0.25) is 0 Å². The Kier molecular flexibility index (Phi) is 7.45. The van der Waals surface area contributed by atoms with E-state index < -0.39 is 0 Å². The Morgan fingerprint density at radius 3 is 2.84 bits per heavy atom. The number of hydrogen-bond acceptors (Lipinski definition) is 4. The number of rotatable bonds is 9. The van der Waals surface area contributed by atoms with Gasteiger partial charge in [-0.15, -0.1) is 0 Å². The van der Waals surface area contributed by atoms with Crippen LogP contribution in [0.4, 0.5) is 5.82 Å². The highest BCUT2D eigenvalue weighted by molar-refractivity contribution is 5.46. The van der Waals surface area contributed by atoms with Gasteiger partial charge in [0.25, 0.3) is 0 Å². The lowest BCUT2D eigenvalue weighted by Crippen LogP contribution is -2.30. The van der Waals surface area contributed by atoms with Crippen LogP contribution in [-0.4, -0.2) is 38.3 Å². The number of ether oxygens (including phenoxy) is 1.